The van der Waals surface area contributed by atoms with Crippen LogP contribution in [0, 0.1) is 0 Å². The van der Waals surface area contributed by atoms with Crippen LogP contribution < -0.4 is 10.6 Å². The smallest absolute Gasteiger partial charge is 0.410 e. The molecule has 1 aliphatic rings. The van der Waals surface area contributed by atoms with E-state index >= 15 is 0 Å². The van der Waals surface area contributed by atoms with Gasteiger partial charge in [-0.1, -0.05) is 12.1 Å². The largest absolute Gasteiger partial charge is 0.467 e. The quantitative estimate of drug-likeness (QED) is 0.573. The van der Waals surface area contributed by atoms with Crippen molar-refractivity contribution in [1.82, 2.24) is 9.78 Å². The SMILES string of the molecule is O=C(Nc1ccccc1Br)c1cc2n(n1)[C@H](C(F)(F)F)C[C@H](c1ccco1)N2. The summed E-state index contributed by atoms with van der Waals surface area (Å²) >= 11 is 3.31. The molecule has 1 aromatic carbocycles. The molecule has 0 unspecified atom stereocenters. The molecular weight excluding hydrogens is 441 g/mol. The number of benzene rings is 1. The summed E-state index contributed by atoms with van der Waals surface area (Å²) in [6.07, 6.45) is -3.41. The number of rotatable bonds is 3. The van der Waals surface area contributed by atoms with Gasteiger partial charge in [0.05, 0.1) is 18.0 Å². The number of fused-ring (bicyclic) bond motifs is 1. The second-order valence-electron chi connectivity index (χ2n) is 6.30. The summed E-state index contributed by atoms with van der Waals surface area (Å²) in [7, 11) is 0. The van der Waals surface area contributed by atoms with Crippen LogP contribution in [-0.4, -0.2) is 21.9 Å². The van der Waals surface area contributed by atoms with Crippen LogP contribution in [0.2, 0.25) is 0 Å². The first kappa shape index (κ1) is 18.6. The average Bonchev–Trinajstić information content (AvgIpc) is 3.31. The molecule has 3 aromatic rings. The maximum atomic E-state index is 13.6. The van der Waals surface area contributed by atoms with Gasteiger partial charge >= 0.3 is 6.18 Å². The number of hydrogen-bond acceptors (Lipinski definition) is 4. The summed E-state index contributed by atoms with van der Waals surface area (Å²) in [6.45, 7) is 0. The van der Waals surface area contributed by atoms with Crippen LogP contribution in [0.4, 0.5) is 24.7 Å². The van der Waals surface area contributed by atoms with Crippen LogP contribution in [0.3, 0.4) is 0 Å². The molecule has 2 N–H and O–H groups in total. The maximum absolute atomic E-state index is 13.6. The van der Waals surface area contributed by atoms with Gasteiger partial charge in [0.25, 0.3) is 5.91 Å². The zero-order valence-electron chi connectivity index (χ0n) is 14.2. The molecular formula is C18H14BrF3N4O2. The lowest BCUT2D eigenvalue weighted by Gasteiger charge is -2.32. The summed E-state index contributed by atoms with van der Waals surface area (Å²) in [5, 5.41) is 9.52. The third kappa shape index (κ3) is 3.51. The summed E-state index contributed by atoms with van der Waals surface area (Å²) in [6, 6.07) is 8.90. The van der Waals surface area contributed by atoms with E-state index in [2.05, 4.69) is 31.7 Å². The number of halogens is 4. The lowest BCUT2D eigenvalue weighted by molar-refractivity contribution is -0.174. The summed E-state index contributed by atoms with van der Waals surface area (Å²) in [5.74, 6) is -0.112. The molecule has 0 fully saturated rings. The van der Waals surface area contributed by atoms with Crippen molar-refractivity contribution in [3.8, 4) is 0 Å². The van der Waals surface area contributed by atoms with E-state index < -0.39 is 24.2 Å². The number of anilines is 2. The topological polar surface area (TPSA) is 72.1 Å². The summed E-state index contributed by atoms with van der Waals surface area (Å²) in [4.78, 5) is 12.5. The van der Waals surface area contributed by atoms with Gasteiger partial charge in [-0.25, -0.2) is 4.68 Å². The van der Waals surface area contributed by atoms with Gasteiger partial charge in [0.1, 0.15) is 11.6 Å². The van der Waals surface area contributed by atoms with Crippen LogP contribution in [0.1, 0.15) is 34.8 Å². The Balaban J connectivity index is 1.65. The Hall–Kier alpha value is -2.75. The van der Waals surface area contributed by atoms with E-state index in [4.69, 9.17) is 4.42 Å². The fourth-order valence-corrected chi connectivity index (χ4v) is 3.49. The monoisotopic (exact) mass is 454 g/mol. The Labute approximate surface area is 165 Å². The van der Waals surface area contributed by atoms with Crippen LogP contribution >= 0.6 is 15.9 Å². The lowest BCUT2D eigenvalue weighted by atomic mass is 10.0. The Morgan fingerprint density at radius 2 is 2.07 bits per heavy atom. The number of carbonyl (C=O) groups is 1. The van der Waals surface area contributed by atoms with E-state index in [0.717, 1.165) is 4.68 Å². The summed E-state index contributed by atoms with van der Waals surface area (Å²) < 4.78 is 47.6. The highest BCUT2D eigenvalue weighted by Crippen LogP contribution is 2.43. The molecule has 28 heavy (non-hydrogen) atoms. The van der Waals surface area contributed by atoms with Crippen molar-refractivity contribution in [2.45, 2.75) is 24.7 Å². The molecule has 0 radical (unpaired) electrons. The third-order valence-electron chi connectivity index (χ3n) is 4.43. The van der Waals surface area contributed by atoms with E-state index in [1.807, 2.05) is 0 Å². The summed E-state index contributed by atoms with van der Waals surface area (Å²) in [5.41, 5.74) is 0.375. The number of nitrogens with zero attached hydrogens (tertiary/aromatic N) is 2. The molecule has 10 heteroatoms. The molecule has 1 aliphatic heterocycles. The maximum Gasteiger partial charge on any atom is 0.410 e. The van der Waals surface area contributed by atoms with Gasteiger partial charge in [0.2, 0.25) is 0 Å². The van der Waals surface area contributed by atoms with Gasteiger partial charge in [0, 0.05) is 17.0 Å². The highest BCUT2D eigenvalue weighted by Gasteiger charge is 2.47. The molecule has 3 heterocycles. The van der Waals surface area contributed by atoms with E-state index in [0.29, 0.717) is 15.9 Å². The molecule has 0 spiro atoms. The van der Waals surface area contributed by atoms with Crippen molar-refractivity contribution in [3.63, 3.8) is 0 Å². The van der Waals surface area contributed by atoms with Crippen LogP contribution in [-0.2, 0) is 0 Å². The fourth-order valence-electron chi connectivity index (χ4n) is 3.11. The highest BCUT2D eigenvalue weighted by molar-refractivity contribution is 9.10. The van der Waals surface area contributed by atoms with Crippen molar-refractivity contribution >= 4 is 33.3 Å². The highest BCUT2D eigenvalue weighted by atomic mass is 79.9. The van der Waals surface area contributed by atoms with Crippen molar-refractivity contribution in [2.75, 3.05) is 10.6 Å². The second-order valence-corrected chi connectivity index (χ2v) is 7.15. The van der Waals surface area contributed by atoms with Crippen LogP contribution in [0.15, 0.2) is 57.6 Å². The van der Waals surface area contributed by atoms with Gasteiger partial charge < -0.3 is 15.1 Å². The first-order chi connectivity index (χ1) is 13.3. The van der Waals surface area contributed by atoms with Crippen molar-refractivity contribution in [2.24, 2.45) is 0 Å². The fraction of sp³-hybridized carbons (Fsp3) is 0.222. The Kier molecular flexibility index (Phi) is 4.66. The number of carbonyl (C=O) groups excluding carboxylic acids is 1. The number of nitrogens with one attached hydrogen (secondary N) is 2. The first-order valence-corrected chi connectivity index (χ1v) is 9.14. The average molecular weight is 455 g/mol. The minimum atomic E-state index is -4.52. The Bertz CT molecular complexity index is 1000. The molecule has 146 valence electrons. The van der Waals surface area contributed by atoms with Gasteiger partial charge in [0.15, 0.2) is 11.7 Å². The van der Waals surface area contributed by atoms with E-state index in [1.165, 1.54) is 12.3 Å². The zero-order valence-corrected chi connectivity index (χ0v) is 15.8. The standard InChI is InChI=1S/C18H14BrF3N4O2/c19-10-4-1-2-5-11(10)24-17(27)13-9-16-23-12(14-6-3-7-28-14)8-15(18(20,21)22)26(16)25-13/h1-7,9,12,15,23H,8H2,(H,24,27)/t12-,15+/m1/s1. The molecule has 0 saturated heterocycles. The minimum absolute atomic E-state index is 0.104. The molecule has 2 aromatic heterocycles. The third-order valence-corrected chi connectivity index (χ3v) is 5.12. The van der Waals surface area contributed by atoms with E-state index in [1.54, 1.807) is 36.4 Å². The molecule has 6 nitrogen and oxygen atoms in total. The molecule has 4 rings (SSSR count). The normalized spacial score (nSPS) is 19.0. The Morgan fingerprint density at radius 3 is 2.75 bits per heavy atom. The van der Waals surface area contributed by atoms with Gasteiger partial charge in [-0.05, 0) is 40.2 Å². The van der Waals surface area contributed by atoms with Gasteiger partial charge in [-0.15, -0.1) is 0 Å². The molecule has 0 bridgehead atoms. The van der Waals surface area contributed by atoms with Crippen molar-refractivity contribution in [3.05, 3.63) is 64.7 Å². The van der Waals surface area contributed by atoms with Gasteiger partial charge in [-0.2, -0.15) is 18.3 Å². The number of hydrogen-bond donors (Lipinski definition) is 2. The number of alkyl halides is 3. The lowest BCUT2D eigenvalue weighted by Crippen LogP contribution is -2.35. The molecule has 2 atom stereocenters. The minimum Gasteiger partial charge on any atom is -0.467 e. The van der Waals surface area contributed by atoms with Crippen LogP contribution in [0.5, 0.6) is 0 Å². The zero-order chi connectivity index (χ0) is 19.9. The van der Waals surface area contributed by atoms with Crippen molar-refractivity contribution in [1.29, 1.82) is 0 Å². The molecule has 0 saturated carbocycles. The number of amides is 1. The first-order valence-electron chi connectivity index (χ1n) is 8.35. The predicted molar refractivity (Wildman–Crippen MR) is 99.1 cm³/mol. The van der Waals surface area contributed by atoms with Crippen LogP contribution in [0.25, 0.3) is 0 Å². The number of aromatic nitrogens is 2. The Morgan fingerprint density at radius 1 is 1.29 bits per heavy atom. The number of para-hydroxylation sites is 1. The van der Waals surface area contributed by atoms with E-state index in [-0.39, 0.29) is 17.9 Å². The predicted octanol–water partition coefficient (Wildman–Crippen LogP) is 5.15. The number of furan rings is 1. The molecule has 0 aliphatic carbocycles. The van der Waals surface area contributed by atoms with Crippen molar-refractivity contribution < 1.29 is 22.4 Å². The molecule has 1 amide bonds. The van der Waals surface area contributed by atoms with Gasteiger partial charge in [-0.3, -0.25) is 4.79 Å². The van der Waals surface area contributed by atoms with E-state index in [9.17, 15) is 18.0 Å². The second kappa shape index (κ2) is 7.01.